The molecule has 0 radical (unpaired) electrons. The minimum Gasteiger partial charge on any atom is -0.507 e. The summed E-state index contributed by atoms with van der Waals surface area (Å²) in [6.45, 7) is 10.6. The first-order valence-corrected chi connectivity index (χ1v) is 14.7. The van der Waals surface area contributed by atoms with Gasteiger partial charge in [-0.2, -0.15) is 0 Å². The number of fused-ring (bicyclic) bond motifs is 1. The van der Waals surface area contributed by atoms with Gasteiger partial charge >= 0.3 is 11.9 Å². The van der Waals surface area contributed by atoms with Crippen LogP contribution in [0.1, 0.15) is 52.8 Å². The lowest BCUT2D eigenvalue weighted by molar-refractivity contribution is -0.132. The van der Waals surface area contributed by atoms with Crippen molar-refractivity contribution < 1.29 is 38.4 Å². The van der Waals surface area contributed by atoms with E-state index in [1.165, 1.54) is 11.0 Å². The monoisotopic (exact) mass is 604 g/mol. The Bertz CT molecular complexity index is 1610. The highest BCUT2D eigenvalue weighted by Gasteiger charge is 2.48. The van der Waals surface area contributed by atoms with Crippen LogP contribution in [0.15, 0.2) is 60.7 Å². The summed E-state index contributed by atoms with van der Waals surface area (Å²) in [6, 6.07) is 10.8. The van der Waals surface area contributed by atoms with E-state index in [4.69, 9.17) is 18.9 Å². The molecular weight excluding hydrogens is 572 g/mol. The quantitative estimate of drug-likeness (QED) is 0.103. The molecule has 224 valence electrons. The highest BCUT2D eigenvalue weighted by Crippen LogP contribution is 2.45. The second kappa shape index (κ2) is 12.7. The van der Waals surface area contributed by atoms with Crippen molar-refractivity contribution in [2.45, 2.75) is 33.2 Å². The Labute approximate surface area is 253 Å². The molecule has 3 heterocycles. The van der Waals surface area contributed by atoms with Crippen LogP contribution in [0.4, 0.5) is 5.13 Å². The number of aryl methyl sites for hydroxylation is 1. The Morgan fingerprint density at radius 2 is 1.95 bits per heavy atom. The SMILES string of the molecule is C=CCOC(=O)c1sc(N2C(=O)C(=O)/C(=C(\O)c3ccc4c(c3)OCCO4)C2c2cccc(OCCC(C)C)c2)nc1C. The van der Waals surface area contributed by atoms with E-state index in [-0.39, 0.29) is 33.5 Å². The van der Waals surface area contributed by atoms with Crippen LogP contribution in [-0.2, 0) is 14.3 Å². The fourth-order valence-corrected chi connectivity index (χ4v) is 5.74. The van der Waals surface area contributed by atoms with Gasteiger partial charge < -0.3 is 24.1 Å². The molecule has 1 saturated heterocycles. The number of Topliss-reactive ketones (excluding diaryl/α,β-unsaturated/α-hetero) is 1. The van der Waals surface area contributed by atoms with Gasteiger partial charge in [-0.05, 0) is 55.2 Å². The number of amides is 1. The van der Waals surface area contributed by atoms with Crippen LogP contribution < -0.4 is 19.1 Å². The Hall–Kier alpha value is -4.64. The summed E-state index contributed by atoms with van der Waals surface area (Å²) in [4.78, 5) is 45.8. The minimum atomic E-state index is -1.07. The van der Waals surface area contributed by atoms with Crippen LogP contribution >= 0.6 is 11.3 Å². The van der Waals surface area contributed by atoms with Gasteiger partial charge in [-0.3, -0.25) is 14.5 Å². The normalized spacial score (nSPS) is 17.3. The molecule has 1 aromatic heterocycles. The van der Waals surface area contributed by atoms with Gasteiger partial charge in [-0.15, -0.1) is 0 Å². The fraction of sp³-hybridized carbons (Fsp3) is 0.312. The molecule has 0 aliphatic carbocycles. The molecule has 0 bridgehead atoms. The van der Waals surface area contributed by atoms with E-state index in [2.05, 4.69) is 25.4 Å². The molecule has 0 spiro atoms. The number of aliphatic hydroxyl groups excluding tert-OH is 1. The summed E-state index contributed by atoms with van der Waals surface area (Å²) in [5, 5.41) is 11.7. The van der Waals surface area contributed by atoms with Crippen LogP contribution in [-0.4, -0.2) is 54.2 Å². The Morgan fingerprint density at radius 1 is 1.19 bits per heavy atom. The van der Waals surface area contributed by atoms with Gasteiger partial charge in [0.15, 0.2) is 16.6 Å². The van der Waals surface area contributed by atoms with Gasteiger partial charge in [0.1, 0.15) is 36.2 Å². The van der Waals surface area contributed by atoms with E-state index in [0.717, 1.165) is 17.8 Å². The minimum absolute atomic E-state index is 0.00908. The molecule has 11 heteroatoms. The smallest absolute Gasteiger partial charge is 0.350 e. The van der Waals surface area contributed by atoms with Crippen LogP contribution in [0, 0.1) is 12.8 Å². The number of aliphatic hydroxyl groups is 1. The van der Waals surface area contributed by atoms with Gasteiger partial charge in [0.25, 0.3) is 5.78 Å². The standard InChI is InChI=1S/C32H32N2O8S/c1-5-12-42-31(38)29-19(4)33-32(43-29)34-26(20-7-6-8-22(16-20)39-13-11-18(2)3)25(28(36)30(34)37)27(35)21-9-10-23-24(17-21)41-15-14-40-23/h5-10,16-18,26,35H,1,11-15H2,2-4H3/b27-25-. The molecule has 5 rings (SSSR count). The summed E-state index contributed by atoms with van der Waals surface area (Å²) in [7, 11) is 0. The first kappa shape index (κ1) is 29.8. The van der Waals surface area contributed by atoms with Crippen LogP contribution in [0.3, 0.4) is 0 Å². The second-order valence-corrected chi connectivity index (χ2v) is 11.4. The summed E-state index contributed by atoms with van der Waals surface area (Å²) >= 11 is 0.930. The topological polar surface area (TPSA) is 124 Å². The third-order valence-electron chi connectivity index (χ3n) is 6.91. The van der Waals surface area contributed by atoms with Gasteiger partial charge in [0.2, 0.25) is 0 Å². The molecule has 1 fully saturated rings. The van der Waals surface area contributed by atoms with Crippen molar-refractivity contribution in [2.75, 3.05) is 31.3 Å². The first-order valence-electron chi connectivity index (χ1n) is 13.9. The van der Waals surface area contributed by atoms with Crippen molar-refractivity contribution in [3.8, 4) is 17.2 Å². The zero-order valence-corrected chi connectivity index (χ0v) is 24.9. The Kier molecular flexibility index (Phi) is 8.81. The van der Waals surface area contributed by atoms with Crippen molar-refractivity contribution in [1.29, 1.82) is 0 Å². The fourth-order valence-electron chi connectivity index (χ4n) is 4.75. The Morgan fingerprint density at radius 3 is 2.70 bits per heavy atom. The lowest BCUT2D eigenvalue weighted by Gasteiger charge is -2.24. The van der Waals surface area contributed by atoms with E-state index >= 15 is 0 Å². The van der Waals surface area contributed by atoms with Crippen molar-refractivity contribution in [1.82, 2.24) is 4.98 Å². The number of benzene rings is 2. The van der Waals surface area contributed by atoms with E-state index in [0.29, 0.717) is 54.2 Å². The number of ether oxygens (including phenoxy) is 4. The lowest BCUT2D eigenvalue weighted by atomic mass is 9.95. The van der Waals surface area contributed by atoms with Gasteiger partial charge in [-0.25, -0.2) is 9.78 Å². The molecular formula is C32H32N2O8S. The van der Waals surface area contributed by atoms with Crippen molar-refractivity contribution in [3.05, 3.63) is 82.4 Å². The van der Waals surface area contributed by atoms with E-state index < -0.39 is 23.7 Å². The highest BCUT2D eigenvalue weighted by atomic mass is 32.1. The number of esters is 1. The molecule has 10 nitrogen and oxygen atoms in total. The number of anilines is 1. The molecule has 3 aromatic rings. The number of carbonyl (C=O) groups excluding carboxylic acids is 3. The zero-order valence-electron chi connectivity index (χ0n) is 24.1. The number of aromatic nitrogens is 1. The van der Waals surface area contributed by atoms with E-state index in [1.54, 1.807) is 49.4 Å². The average Bonchev–Trinajstić information content (AvgIpc) is 3.51. The molecule has 1 atom stereocenters. The number of hydrogen-bond acceptors (Lipinski definition) is 10. The summed E-state index contributed by atoms with van der Waals surface area (Å²) in [5.41, 5.74) is 1.00. The third kappa shape index (κ3) is 6.12. The molecule has 1 unspecified atom stereocenters. The molecule has 1 N–H and O–H groups in total. The predicted molar refractivity (Wildman–Crippen MR) is 161 cm³/mol. The number of thiazole rings is 1. The van der Waals surface area contributed by atoms with Gasteiger partial charge in [0, 0.05) is 5.56 Å². The average molecular weight is 605 g/mol. The number of hydrogen-bond donors (Lipinski definition) is 1. The van der Waals surface area contributed by atoms with Crippen molar-refractivity contribution in [3.63, 3.8) is 0 Å². The number of nitrogens with zero attached hydrogens (tertiary/aromatic N) is 2. The predicted octanol–water partition coefficient (Wildman–Crippen LogP) is 5.62. The van der Waals surface area contributed by atoms with Crippen molar-refractivity contribution in [2.24, 2.45) is 5.92 Å². The molecule has 2 aliphatic heterocycles. The zero-order chi connectivity index (χ0) is 30.7. The summed E-state index contributed by atoms with van der Waals surface area (Å²) in [6.07, 6.45) is 2.29. The Balaban J connectivity index is 1.62. The maximum absolute atomic E-state index is 13.7. The van der Waals surface area contributed by atoms with Crippen LogP contribution in [0.25, 0.3) is 5.76 Å². The number of carbonyl (C=O) groups is 3. The van der Waals surface area contributed by atoms with Crippen LogP contribution in [0.5, 0.6) is 17.2 Å². The first-order chi connectivity index (χ1) is 20.7. The molecule has 2 aromatic carbocycles. The van der Waals surface area contributed by atoms with E-state index in [9.17, 15) is 19.5 Å². The van der Waals surface area contributed by atoms with Gasteiger partial charge in [0.05, 0.1) is 23.9 Å². The maximum Gasteiger partial charge on any atom is 0.350 e. The molecule has 2 aliphatic rings. The third-order valence-corrected chi connectivity index (χ3v) is 8.04. The number of ketones is 1. The molecule has 0 saturated carbocycles. The summed E-state index contributed by atoms with van der Waals surface area (Å²) < 4.78 is 22.4. The summed E-state index contributed by atoms with van der Waals surface area (Å²) in [5.74, 6) is -0.866. The molecule has 43 heavy (non-hydrogen) atoms. The number of rotatable bonds is 10. The lowest BCUT2D eigenvalue weighted by Crippen LogP contribution is -2.29. The van der Waals surface area contributed by atoms with Crippen LogP contribution in [0.2, 0.25) is 0 Å². The maximum atomic E-state index is 13.7. The highest BCUT2D eigenvalue weighted by molar-refractivity contribution is 7.17. The van der Waals surface area contributed by atoms with E-state index in [1.807, 2.05) is 0 Å². The second-order valence-electron chi connectivity index (χ2n) is 10.4. The largest absolute Gasteiger partial charge is 0.507 e. The van der Waals surface area contributed by atoms with Crippen molar-refractivity contribution >= 4 is 39.9 Å². The molecule has 1 amide bonds. The van der Waals surface area contributed by atoms with Gasteiger partial charge in [-0.1, -0.05) is 50.0 Å².